The second-order valence-electron chi connectivity index (χ2n) is 7.74. The van der Waals surface area contributed by atoms with Gasteiger partial charge in [-0.3, -0.25) is 14.0 Å². The van der Waals surface area contributed by atoms with E-state index >= 15 is 0 Å². The second-order valence-corrected chi connectivity index (χ2v) is 8.18. The zero-order valence-electron chi connectivity index (χ0n) is 18.4. The highest BCUT2D eigenvalue weighted by Crippen LogP contribution is 2.25. The van der Waals surface area contributed by atoms with E-state index in [1.807, 2.05) is 48.2 Å². The minimum absolute atomic E-state index is 0.150. The molecule has 0 unspecified atom stereocenters. The monoisotopic (exact) mass is 462 g/mol. The normalized spacial score (nSPS) is 14.3. The Kier molecular flexibility index (Phi) is 6.33. The highest BCUT2D eigenvalue weighted by molar-refractivity contribution is 6.30. The molecule has 9 heteroatoms. The van der Waals surface area contributed by atoms with Crippen LogP contribution in [0.1, 0.15) is 11.1 Å². The van der Waals surface area contributed by atoms with Crippen molar-refractivity contribution < 1.29 is 4.79 Å². The molecule has 1 fully saturated rings. The number of piperazine rings is 1. The molecule has 3 aromatic rings. The number of aryl methyl sites for hydroxylation is 1. The smallest absolute Gasteiger partial charge is 0.267 e. The van der Waals surface area contributed by atoms with Crippen molar-refractivity contribution in [3.05, 3.63) is 74.7 Å². The number of halogens is 1. The van der Waals surface area contributed by atoms with Crippen molar-refractivity contribution >= 4 is 40.7 Å². The largest absolute Gasteiger partial charge is 0.368 e. The van der Waals surface area contributed by atoms with Gasteiger partial charge in [0.15, 0.2) is 0 Å². The van der Waals surface area contributed by atoms with Crippen LogP contribution in [0.4, 0.5) is 11.5 Å². The average Bonchev–Trinajstić information content (AvgIpc) is 2.83. The number of hydrogen-bond acceptors (Lipinski definition) is 6. The number of hydrogen-bond donors (Lipinski definition) is 1. The topological polar surface area (TPSA) is 93.7 Å². The van der Waals surface area contributed by atoms with Crippen LogP contribution in [-0.4, -0.2) is 48.5 Å². The first kappa shape index (κ1) is 22.4. The molecule has 1 aromatic carbocycles. The summed E-state index contributed by atoms with van der Waals surface area (Å²) in [4.78, 5) is 34.6. The molecule has 1 aliphatic rings. The third-order valence-electron chi connectivity index (χ3n) is 5.70. The molecule has 3 heterocycles. The van der Waals surface area contributed by atoms with Gasteiger partial charge < -0.3 is 15.1 Å². The maximum atomic E-state index is 13.4. The minimum Gasteiger partial charge on any atom is -0.368 e. The summed E-state index contributed by atoms with van der Waals surface area (Å²) < 4.78 is 1.45. The third-order valence-corrected chi connectivity index (χ3v) is 5.93. The average molecular weight is 463 g/mol. The summed E-state index contributed by atoms with van der Waals surface area (Å²) in [5, 5.41) is 12.6. The van der Waals surface area contributed by atoms with E-state index < -0.39 is 5.91 Å². The number of nitriles is 1. The first-order valence-corrected chi connectivity index (χ1v) is 10.9. The summed E-state index contributed by atoms with van der Waals surface area (Å²) in [6.07, 6.45) is 2.98. The first-order chi connectivity index (χ1) is 15.9. The molecule has 2 aromatic heterocycles. The molecule has 0 spiro atoms. The highest BCUT2D eigenvalue weighted by atomic mass is 35.5. The van der Waals surface area contributed by atoms with E-state index in [1.54, 1.807) is 12.3 Å². The minimum atomic E-state index is -0.553. The summed E-state index contributed by atoms with van der Waals surface area (Å²) in [7, 11) is 1.44. The molecule has 0 aliphatic carbocycles. The lowest BCUT2D eigenvalue weighted by Gasteiger charge is -2.37. The van der Waals surface area contributed by atoms with Crippen LogP contribution in [0.2, 0.25) is 5.02 Å². The van der Waals surface area contributed by atoms with Gasteiger partial charge >= 0.3 is 0 Å². The third kappa shape index (κ3) is 4.41. The Bertz CT molecular complexity index is 1350. The Labute approximate surface area is 196 Å². The van der Waals surface area contributed by atoms with Gasteiger partial charge in [-0.25, -0.2) is 4.98 Å². The Morgan fingerprint density at radius 3 is 2.58 bits per heavy atom. The van der Waals surface area contributed by atoms with Crippen molar-refractivity contribution in [2.24, 2.45) is 0 Å². The van der Waals surface area contributed by atoms with Gasteiger partial charge in [0.1, 0.15) is 23.1 Å². The van der Waals surface area contributed by atoms with Gasteiger partial charge in [-0.05, 0) is 42.8 Å². The summed E-state index contributed by atoms with van der Waals surface area (Å²) in [5.74, 6) is -0.0836. The molecule has 168 valence electrons. The van der Waals surface area contributed by atoms with Crippen LogP contribution >= 0.6 is 11.6 Å². The number of anilines is 2. The predicted octanol–water partition coefficient (Wildman–Crippen LogP) is 2.64. The van der Waals surface area contributed by atoms with E-state index in [4.69, 9.17) is 16.6 Å². The van der Waals surface area contributed by atoms with E-state index in [-0.39, 0.29) is 16.7 Å². The molecule has 0 saturated carbocycles. The number of benzene rings is 1. The van der Waals surface area contributed by atoms with Crippen molar-refractivity contribution in [1.29, 1.82) is 5.26 Å². The number of aromatic nitrogens is 2. The van der Waals surface area contributed by atoms with Gasteiger partial charge in [0, 0.05) is 50.1 Å². The number of likely N-dealkylation sites (N-methyl/N-ethyl adjacent to an activating group) is 1. The summed E-state index contributed by atoms with van der Waals surface area (Å²) in [5.41, 5.74) is 2.18. The highest BCUT2D eigenvalue weighted by Gasteiger charge is 2.24. The van der Waals surface area contributed by atoms with Gasteiger partial charge in [-0.15, -0.1) is 0 Å². The van der Waals surface area contributed by atoms with Crippen molar-refractivity contribution in [1.82, 2.24) is 14.7 Å². The number of amides is 1. The lowest BCUT2D eigenvalue weighted by atomic mass is 10.1. The van der Waals surface area contributed by atoms with Crippen LogP contribution in [0.25, 0.3) is 11.7 Å². The van der Waals surface area contributed by atoms with E-state index in [2.05, 4.69) is 10.2 Å². The molecular weight excluding hydrogens is 440 g/mol. The van der Waals surface area contributed by atoms with E-state index in [1.165, 1.54) is 17.5 Å². The van der Waals surface area contributed by atoms with Crippen LogP contribution in [0.5, 0.6) is 0 Å². The maximum absolute atomic E-state index is 13.4. The number of nitrogens with zero attached hydrogens (tertiary/aromatic N) is 5. The van der Waals surface area contributed by atoms with Gasteiger partial charge in [0.05, 0.1) is 5.56 Å². The van der Waals surface area contributed by atoms with Gasteiger partial charge in [0.2, 0.25) is 0 Å². The molecule has 0 bridgehead atoms. The quantitative estimate of drug-likeness (QED) is 0.473. The standard InChI is InChI=1S/C24H23ClN6O2/c1-16-5-4-8-31-21(16)28-22(20(24(31)33)13-17(15-26)23(32)27-2)30-11-9-29(10-12-30)19-7-3-6-18(25)14-19/h3-8,13-14H,9-12H2,1-2H3,(H,27,32)/b17-13+. The lowest BCUT2D eigenvalue weighted by Crippen LogP contribution is -2.47. The van der Waals surface area contributed by atoms with Gasteiger partial charge in [-0.1, -0.05) is 23.7 Å². The molecule has 4 rings (SSSR count). The molecular formula is C24H23ClN6O2. The number of fused-ring (bicyclic) bond motifs is 1. The van der Waals surface area contributed by atoms with Crippen LogP contribution in [0.3, 0.4) is 0 Å². The summed E-state index contributed by atoms with van der Waals surface area (Å²) in [6.45, 7) is 4.54. The number of nitrogens with one attached hydrogen (secondary N) is 1. The number of rotatable bonds is 4. The van der Waals surface area contributed by atoms with E-state index in [0.29, 0.717) is 42.7 Å². The molecule has 33 heavy (non-hydrogen) atoms. The van der Waals surface area contributed by atoms with Crippen molar-refractivity contribution in [3.8, 4) is 6.07 Å². The Hall–Kier alpha value is -3.83. The molecule has 1 amide bonds. The lowest BCUT2D eigenvalue weighted by molar-refractivity contribution is -0.116. The molecule has 0 atom stereocenters. The summed E-state index contributed by atoms with van der Waals surface area (Å²) in [6, 6.07) is 13.3. The second kappa shape index (κ2) is 9.35. The Morgan fingerprint density at radius 1 is 1.18 bits per heavy atom. The van der Waals surface area contributed by atoms with Gasteiger partial charge in [-0.2, -0.15) is 5.26 Å². The van der Waals surface area contributed by atoms with Crippen LogP contribution in [0.15, 0.2) is 53.0 Å². The van der Waals surface area contributed by atoms with Crippen LogP contribution < -0.4 is 20.7 Å². The predicted molar refractivity (Wildman–Crippen MR) is 130 cm³/mol. The zero-order valence-corrected chi connectivity index (χ0v) is 19.1. The molecule has 8 nitrogen and oxygen atoms in total. The van der Waals surface area contributed by atoms with Crippen molar-refractivity contribution in [2.75, 3.05) is 43.0 Å². The van der Waals surface area contributed by atoms with E-state index in [0.717, 1.165) is 11.3 Å². The van der Waals surface area contributed by atoms with Gasteiger partial charge in [0.25, 0.3) is 11.5 Å². The van der Waals surface area contributed by atoms with Crippen LogP contribution in [0, 0.1) is 18.3 Å². The number of carbonyl (C=O) groups is 1. The Morgan fingerprint density at radius 2 is 1.91 bits per heavy atom. The Balaban J connectivity index is 1.77. The molecule has 1 saturated heterocycles. The fourth-order valence-electron chi connectivity index (χ4n) is 3.94. The number of pyridine rings is 1. The number of carbonyl (C=O) groups excluding carboxylic acids is 1. The SMILES string of the molecule is CNC(=O)/C(C#N)=C/c1c(N2CCN(c3cccc(Cl)c3)CC2)nc2c(C)cccn2c1=O. The van der Waals surface area contributed by atoms with E-state index in [9.17, 15) is 14.9 Å². The van der Waals surface area contributed by atoms with Crippen molar-refractivity contribution in [2.45, 2.75) is 6.92 Å². The van der Waals surface area contributed by atoms with Crippen LogP contribution in [-0.2, 0) is 4.79 Å². The first-order valence-electron chi connectivity index (χ1n) is 10.5. The molecule has 1 N–H and O–H groups in total. The fraction of sp³-hybridized carbons (Fsp3) is 0.250. The maximum Gasteiger partial charge on any atom is 0.267 e. The molecule has 1 aliphatic heterocycles. The fourth-order valence-corrected chi connectivity index (χ4v) is 4.13. The molecule has 0 radical (unpaired) electrons. The zero-order chi connectivity index (χ0) is 23.5. The van der Waals surface area contributed by atoms with Crippen molar-refractivity contribution in [3.63, 3.8) is 0 Å². The summed E-state index contributed by atoms with van der Waals surface area (Å²) >= 11 is 6.15.